The van der Waals surface area contributed by atoms with Gasteiger partial charge in [-0.1, -0.05) is 81.3 Å². The fourth-order valence-electron chi connectivity index (χ4n) is 6.12. The first-order valence-corrected chi connectivity index (χ1v) is 24.1. The van der Waals surface area contributed by atoms with Gasteiger partial charge in [0.2, 0.25) is 0 Å². The number of furan rings is 2. The van der Waals surface area contributed by atoms with Gasteiger partial charge in [-0.2, -0.15) is 0 Å². The van der Waals surface area contributed by atoms with Crippen LogP contribution >= 0.6 is 0 Å². The minimum atomic E-state index is -1.72. The molecule has 49 heavy (non-hydrogen) atoms. The molecular formula is C43H40GeIrN2O2-2. The number of pyridine rings is 2. The minimum absolute atomic E-state index is 0. The molecule has 4 aromatic carbocycles. The molecule has 0 spiro atoms. The Morgan fingerprint density at radius 1 is 0.673 bits per heavy atom. The van der Waals surface area contributed by atoms with Gasteiger partial charge in [0.25, 0.3) is 0 Å². The van der Waals surface area contributed by atoms with Crippen molar-refractivity contribution in [2.24, 2.45) is 0 Å². The van der Waals surface area contributed by atoms with Crippen LogP contribution in [0.1, 0.15) is 50.7 Å². The topological polar surface area (TPSA) is 52.1 Å². The normalized spacial score (nSPS) is 11.8. The Morgan fingerprint density at radius 3 is 2.10 bits per heavy atom. The fraction of sp³-hybridized carbons (Fsp3) is 0.209. The van der Waals surface area contributed by atoms with Crippen LogP contribution < -0.4 is 4.40 Å². The number of rotatable bonds is 5. The van der Waals surface area contributed by atoms with E-state index in [4.69, 9.17) is 8.83 Å². The van der Waals surface area contributed by atoms with Crippen LogP contribution in [0, 0.1) is 12.1 Å². The molecule has 4 heterocycles. The molecule has 249 valence electrons. The van der Waals surface area contributed by atoms with Gasteiger partial charge in [-0.15, -0.1) is 0 Å². The molecule has 0 saturated carbocycles. The maximum atomic E-state index is 6.54. The summed E-state index contributed by atoms with van der Waals surface area (Å²) in [6, 6.07) is 37.9. The summed E-state index contributed by atoms with van der Waals surface area (Å²) in [6.45, 7) is 8.78. The van der Waals surface area contributed by atoms with Crippen LogP contribution in [-0.2, 0) is 20.1 Å². The van der Waals surface area contributed by atoms with Crippen molar-refractivity contribution in [3.05, 3.63) is 127 Å². The molecule has 0 saturated heterocycles. The Balaban J connectivity index is 0.000000208. The molecular weight excluding hydrogens is 841 g/mol. The Kier molecular flexibility index (Phi) is 10.00. The van der Waals surface area contributed by atoms with Crippen molar-refractivity contribution in [3.63, 3.8) is 0 Å². The van der Waals surface area contributed by atoms with E-state index in [1.165, 1.54) is 15.5 Å². The van der Waals surface area contributed by atoms with E-state index in [-0.39, 0.29) is 20.1 Å². The van der Waals surface area contributed by atoms with Crippen LogP contribution in [0.3, 0.4) is 0 Å². The summed E-state index contributed by atoms with van der Waals surface area (Å²) in [5.41, 5.74) is 9.56. The molecule has 8 aromatic rings. The first kappa shape index (κ1) is 34.8. The van der Waals surface area contributed by atoms with Crippen molar-refractivity contribution in [2.75, 3.05) is 0 Å². The number of para-hydroxylation sites is 1. The molecule has 0 fully saturated rings. The zero-order chi connectivity index (χ0) is 33.6. The second kappa shape index (κ2) is 14.1. The summed E-state index contributed by atoms with van der Waals surface area (Å²) in [6.07, 6.45) is 3.91. The predicted molar refractivity (Wildman–Crippen MR) is 203 cm³/mol. The van der Waals surface area contributed by atoms with E-state index in [1.807, 2.05) is 54.9 Å². The van der Waals surface area contributed by atoms with Crippen molar-refractivity contribution in [1.82, 2.24) is 9.97 Å². The van der Waals surface area contributed by atoms with Crippen LogP contribution in [0.2, 0.25) is 17.3 Å². The van der Waals surface area contributed by atoms with Gasteiger partial charge in [-0.05, 0) is 57.5 Å². The molecule has 4 aromatic heterocycles. The monoisotopic (exact) mass is 883 g/mol. The summed E-state index contributed by atoms with van der Waals surface area (Å²) >= 11 is -1.72. The van der Waals surface area contributed by atoms with Crippen molar-refractivity contribution >= 4 is 61.5 Å². The molecule has 0 aliphatic rings. The van der Waals surface area contributed by atoms with Gasteiger partial charge in [0.15, 0.2) is 0 Å². The van der Waals surface area contributed by atoms with Crippen molar-refractivity contribution < 1.29 is 28.9 Å². The molecule has 1 radical (unpaired) electrons. The molecule has 4 nitrogen and oxygen atoms in total. The summed E-state index contributed by atoms with van der Waals surface area (Å²) in [5.74, 6) is 7.98. The summed E-state index contributed by atoms with van der Waals surface area (Å²) < 4.78 is 14.2. The molecule has 8 rings (SSSR count). The molecule has 0 bridgehead atoms. The maximum Gasteiger partial charge on any atom is 0 e. The summed E-state index contributed by atoms with van der Waals surface area (Å²) in [4.78, 5) is 9.22. The Hall–Kier alpha value is -4.03. The summed E-state index contributed by atoms with van der Waals surface area (Å²) in [5, 5.41) is 4.29. The van der Waals surface area contributed by atoms with Crippen molar-refractivity contribution in [3.8, 4) is 22.5 Å². The average molecular weight is 882 g/mol. The van der Waals surface area contributed by atoms with Gasteiger partial charge in [-0.25, -0.2) is 0 Å². The average Bonchev–Trinajstić information content (AvgIpc) is 3.66. The van der Waals surface area contributed by atoms with Crippen LogP contribution in [0.25, 0.3) is 66.4 Å². The van der Waals surface area contributed by atoms with E-state index >= 15 is 0 Å². The number of aromatic nitrogens is 2. The van der Waals surface area contributed by atoms with Crippen LogP contribution in [0.4, 0.5) is 0 Å². The Labute approximate surface area is 304 Å². The molecule has 6 heteroatoms. The molecule has 0 unspecified atom stereocenters. The van der Waals surface area contributed by atoms with Crippen molar-refractivity contribution in [2.45, 2.75) is 56.8 Å². The standard InChI is InChI=1S/C29H24NO2.C14H16GeN.Ir/c1-16(2)18-9-10-21-25(14-18)32-29-22(23-13-19(17(3)4)11-12-30-23)15-26-27(28(21)29)20-7-5-6-8-24(20)31-26;1-15(2,3)13-9-10-14(16-11-13)12-7-5-4-6-8-12;/h5-14,16-17H,1-4H3;4-7,9-11H,1-3H3;/q2*-1;. The first-order chi connectivity index (χ1) is 23.1. The number of hydrogen-bond acceptors (Lipinski definition) is 4. The van der Waals surface area contributed by atoms with E-state index < -0.39 is 13.3 Å². The molecule has 0 N–H and O–H groups in total. The van der Waals surface area contributed by atoms with Gasteiger partial charge in [0, 0.05) is 31.7 Å². The van der Waals surface area contributed by atoms with E-state index in [9.17, 15) is 0 Å². The molecule has 0 aliphatic carbocycles. The number of fused-ring (bicyclic) bond motifs is 7. The largest absolute Gasteiger partial charge is 0 e. The Bertz CT molecular complexity index is 2380. The van der Waals surface area contributed by atoms with Gasteiger partial charge in [0.1, 0.15) is 11.2 Å². The number of hydrogen-bond donors (Lipinski definition) is 0. The van der Waals surface area contributed by atoms with E-state index in [0.29, 0.717) is 11.8 Å². The second-order valence-electron chi connectivity index (χ2n) is 14.1. The van der Waals surface area contributed by atoms with Crippen LogP contribution in [0.15, 0.2) is 112 Å². The van der Waals surface area contributed by atoms with E-state index in [1.54, 1.807) is 0 Å². The van der Waals surface area contributed by atoms with Gasteiger partial charge < -0.3 is 13.8 Å². The quantitative estimate of drug-likeness (QED) is 0.128. The van der Waals surface area contributed by atoms with Crippen LogP contribution in [-0.4, -0.2) is 23.2 Å². The smallest absolute Gasteiger partial charge is 0 e. The second-order valence-corrected chi connectivity index (χ2v) is 24.8. The SMILES string of the molecule is CC(C)c1ccnc(-c2[c-]c3oc4ccccc4c3c3c2oc2cc(C(C)C)ccc23)c1.[CH3][Ge]([CH3])([CH3])[c]1ccc(-c2[c-]cccc2)nc1.[Ir]. The van der Waals surface area contributed by atoms with Gasteiger partial charge >= 0.3 is 99.8 Å². The van der Waals surface area contributed by atoms with Crippen molar-refractivity contribution in [1.29, 1.82) is 0 Å². The zero-order valence-electron chi connectivity index (χ0n) is 29.0. The summed E-state index contributed by atoms with van der Waals surface area (Å²) in [7, 11) is 0. The number of benzene rings is 4. The van der Waals surface area contributed by atoms with Gasteiger partial charge in [0.05, 0.1) is 11.2 Å². The predicted octanol–water partition coefficient (Wildman–Crippen LogP) is 11.7. The van der Waals surface area contributed by atoms with E-state index in [0.717, 1.165) is 66.4 Å². The third-order valence-corrected chi connectivity index (χ3v) is 13.3. The molecule has 0 atom stereocenters. The van der Waals surface area contributed by atoms with E-state index in [2.05, 4.69) is 116 Å². The third-order valence-electron chi connectivity index (χ3n) is 9.01. The maximum absolute atomic E-state index is 6.54. The third kappa shape index (κ3) is 6.90. The zero-order valence-corrected chi connectivity index (χ0v) is 33.5. The first-order valence-electron chi connectivity index (χ1n) is 16.7. The molecule has 0 aliphatic heterocycles. The number of nitrogens with zero attached hydrogens (tertiary/aromatic N) is 2. The fourth-order valence-corrected chi connectivity index (χ4v) is 8.29. The Morgan fingerprint density at radius 2 is 1.41 bits per heavy atom. The molecule has 0 amide bonds. The van der Waals surface area contributed by atoms with Crippen LogP contribution in [0.5, 0.6) is 0 Å². The minimum Gasteiger partial charge on any atom is 0 e. The van der Waals surface area contributed by atoms with Gasteiger partial charge in [-0.3, -0.25) is 0 Å².